The number of rotatable bonds is 6. The molecular formula is C11H23N3O3S. The molecule has 2 N–H and O–H groups in total. The first-order valence-corrected chi connectivity index (χ1v) is 8.19. The van der Waals surface area contributed by atoms with Crippen molar-refractivity contribution in [3.05, 3.63) is 0 Å². The lowest BCUT2D eigenvalue weighted by Crippen LogP contribution is -2.58. The van der Waals surface area contributed by atoms with E-state index in [1.807, 2.05) is 11.8 Å². The summed E-state index contributed by atoms with van der Waals surface area (Å²) >= 11 is 0. The highest BCUT2D eigenvalue weighted by Gasteiger charge is 2.28. The first kappa shape index (κ1) is 15.4. The summed E-state index contributed by atoms with van der Waals surface area (Å²) in [6, 6.07) is -0.263. The molecule has 7 heteroatoms. The highest BCUT2D eigenvalue weighted by molar-refractivity contribution is 7.91. The number of nitrogens with zero attached hydrogens (tertiary/aromatic N) is 1. The number of hydrogen-bond acceptors (Lipinski definition) is 5. The highest BCUT2D eigenvalue weighted by atomic mass is 32.2. The largest absolute Gasteiger partial charge is 0.358 e. The summed E-state index contributed by atoms with van der Waals surface area (Å²) in [5.74, 6) is 0.299. The van der Waals surface area contributed by atoms with Gasteiger partial charge in [0.15, 0.2) is 9.84 Å². The van der Waals surface area contributed by atoms with Gasteiger partial charge in [-0.15, -0.1) is 0 Å². The van der Waals surface area contributed by atoms with Crippen LogP contribution < -0.4 is 10.6 Å². The molecule has 1 aliphatic heterocycles. The molecule has 0 aliphatic carbocycles. The smallest absolute Gasteiger partial charge is 0.238 e. The van der Waals surface area contributed by atoms with Crippen LogP contribution in [0.1, 0.15) is 13.3 Å². The van der Waals surface area contributed by atoms with Gasteiger partial charge in [-0.2, -0.15) is 0 Å². The maximum Gasteiger partial charge on any atom is 0.238 e. The van der Waals surface area contributed by atoms with Crippen molar-refractivity contribution in [3.63, 3.8) is 0 Å². The zero-order valence-electron chi connectivity index (χ0n) is 11.1. The van der Waals surface area contributed by atoms with E-state index < -0.39 is 9.84 Å². The van der Waals surface area contributed by atoms with Gasteiger partial charge >= 0.3 is 0 Å². The fourth-order valence-corrected chi connectivity index (χ4v) is 3.45. The van der Waals surface area contributed by atoms with Gasteiger partial charge in [0.2, 0.25) is 5.91 Å². The van der Waals surface area contributed by atoms with E-state index in [4.69, 9.17) is 0 Å². The summed E-state index contributed by atoms with van der Waals surface area (Å²) < 4.78 is 23.4. The summed E-state index contributed by atoms with van der Waals surface area (Å²) in [6.45, 7) is 4.37. The van der Waals surface area contributed by atoms with Crippen molar-refractivity contribution < 1.29 is 13.2 Å². The molecule has 1 unspecified atom stereocenters. The van der Waals surface area contributed by atoms with E-state index >= 15 is 0 Å². The molecule has 1 atom stereocenters. The molecule has 1 aliphatic rings. The molecule has 0 spiro atoms. The van der Waals surface area contributed by atoms with Gasteiger partial charge < -0.3 is 10.6 Å². The Labute approximate surface area is 109 Å². The molecule has 0 radical (unpaired) electrons. The highest BCUT2D eigenvalue weighted by Crippen LogP contribution is 2.05. The maximum atomic E-state index is 11.7. The first-order valence-electron chi connectivity index (χ1n) is 6.37. The number of likely N-dealkylation sites (N-methyl/N-ethyl adjacent to an activating group) is 1. The minimum Gasteiger partial charge on any atom is -0.358 e. The van der Waals surface area contributed by atoms with Crippen LogP contribution in [0.4, 0.5) is 0 Å². The minimum absolute atomic E-state index is 0.0601. The lowest BCUT2D eigenvalue weighted by molar-refractivity contribution is -0.126. The Morgan fingerprint density at radius 2 is 2.17 bits per heavy atom. The summed E-state index contributed by atoms with van der Waals surface area (Å²) in [7, 11) is -1.38. The lowest BCUT2D eigenvalue weighted by Gasteiger charge is -2.34. The van der Waals surface area contributed by atoms with Gasteiger partial charge in [0.25, 0.3) is 0 Å². The van der Waals surface area contributed by atoms with Gasteiger partial charge in [-0.1, -0.05) is 6.92 Å². The Balaban J connectivity index is 2.55. The van der Waals surface area contributed by atoms with Crippen molar-refractivity contribution in [2.24, 2.45) is 0 Å². The summed E-state index contributed by atoms with van der Waals surface area (Å²) in [5.41, 5.74) is 0. The molecule has 0 bridgehead atoms. The Morgan fingerprint density at radius 3 is 2.78 bits per heavy atom. The molecule has 0 saturated carbocycles. The fourth-order valence-electron chi connectivity index (χ4n) is 2.11. The number of hydrogen-bond donors (Lipinski definition) is 2. The second-order valence-electron chi connectivity index (χ2n) is 4.52. The van der Waals surface area contributed by atoms with Crippen LogP contribution in [0.15, 0.2) is 0 Å². The summed E-state index contributed by atoms with van der Waals surface area (Å²) in [6.07, 6.45) is 0.642. The topological polar surface area (TPSA) is 78.5 Å². The van der Waals surface area contributed by atoms with Gasteiger partial charge in [-0.05, 0) is 6.42 Å². The molecular weight excluding hydrogens is 254 g/mol. The predicted octanol–water partition coefficient (Wildman–Crippen LogP) is -1.17. The molecule has 1 rings (SSSR count). The molecule has 1 saturated heterocycles. The van der Waals surface area contributed by atoms with Crippen LogP contribution in [0.2, 0.25) is 0 Å². The molecule has 1 heterocycles. The lowest BCUT2D eigenvalue weighted by atomic mass is 10.2. The number of nitrogens with one attached hydrogen (secondary N) is 2. The normalized spacial score (nSPS) is 21.8. The molecule has 0 aromatic rings. The third-order valence-corrected chi connectivity index (χ3v) is 4.94. The SMILES string of the molecule is CCCS(=O)(=O)CCN1CCNCC1C(=O)NC. The van der Waals surface area contributed by atoms with Crippen LogP contribution in [0.3, 0.4) is 0 Å². The van der Waals surface area contributed by atoms with Crippen molar-refractivity contribution in [2.45, 2.75) is 19.4 Å². The van der Waals surface area contributed by atoms with Gasteiger partial charge in [0.05, 0.1) is 5.75 Å². The van der Waals surface area contributed by atoms with Crippen LogP contribution in [0, 0.1) is 0 Å². The first-order chi connectivity index (χ1) is 8.50. The van der Waals surface area contributed by atoms with Crippen LogP contribution in [-0.4, -0.2) is 70.0 Å². The number of amides is 1. The van der Waals surface area contributed by atoms with Crippen LogP contribution >= 0.6 is 0 Å². The summed E-state index contributed by atoms with van der Waals surface area (Å²) in [5, 5.41) is 5.77. The van der Waals surface area contributed by atoms with Crippen molar-refractivity contribution >= 4 is 15.7 Å². The van der Waals surface area contributed by atoms with E-state index in [-0.39, 0.29) is 23.5 Å². The Morgan fingerprint density at radius 1 is 1.44 bits per heavy atom. The molecule has 1 amide bonds. The molecule has 6 nitrogen and oxygen atoms in total. The Bertz CT molecular complexity index is 370. The van der Waals surface area contributed by atoms with E-state index in [0.717, 1.165) is 6.54 Å². The van der Waals surface area contributed by atoms with Crippen LogP contribution in [0.5, 0.6) is 0 Å². The van der Waals surface area contributed by atoms with E-state index in [1.165, 1.54) is 0 Å². The average molecular weight is 277 g/mol. The average Bonchev–Trinajstić information content (AvgIpc) is 2.36. The number of carbonyl (C=O) groups is 1. The monoisotopic (exact) mass is 277 g/mol. The van der Waals surface area contributed by atoms with E-state index in [2.05, 4.69) is 10.6 Å². The quantitative estimate of drug-likeness (QED) is 0.640. The minimum atomic E-state index is -2.98. The molecule has 0 aromatic carbocycles. The van der Waals surface area contributed by atoms with Gasteiger partial charge in [-0.25, -0.2) is 8.42 Å². The second-order valence-corrected chi connectivity index (χ2v) is 6.83. The fraction of sp³-hybridized carbons (Fsp3) is 0.909. The van der Waals surface area contributed by atoms with E-state index in [0.29, 0.717) is 26.1 Å². The standard InChI is InChI=1S/C11H23N3O3S/c1-3-7-18(16,17)8-6-14-5-4-13-9-10(14)11(15)12-2/h10,13H,3-9H2,1-2H3,(H,12,15). The zero-order chi connectivity index (χ0) is 13.6. The maximum absolute atomic E-state index is 11.7. The van der Waals surface area contributed by atoms with Crippen molar-refractivity contribution in [3.8, 4) is 0 Å². The molecule has 18 heavy (non-hydrogen) atoms. The molecule has 106 valence electrons. The van der Waals surface area contributed by atoms with Gasteiger partial charge in [-0.3, -0.25) is 9.69 Å². The zero-order valence-corrected chi connectivity index (χ0v) is 11.9. The molecule has 0 aromatic heterocycles. The number of piperazine rings is 1. The van der Waals surface area contributed by atoms with Crippen molar-refractivity contribution in [1.29, 1.82) is 0 Å². The number of carbonyl (C=O) groups excluding carboxylic acids is 1. The van der Waals surface area contributed by atoms with Crippen molar-refractivity contribution in [2.75, 3.05) is 44.7 Å². The van der Waals surface area contributed by atoms with Crippen molar-refractivity contribution in [1.82, 2.24) is 15.5 Å². The van der Waals surface area contributed by atoms with Gasteiger partial charge in [0, 0.05) is 39.0 Å². The van der Waals surface area contributed by atoms with Crippen LogP contribution in [-0.2, 0) is 14.6 Å². The third-order valence-electron chi connectivity index (χ3n) is 3.11. The van der Waals surface area contributed by atoms with E-state index in [9.17, 15) is 13.2 Å². The Kier molecular flexibility index (Phi) is 6.04. The third kappa shape index (κ3) is 4.55. The van der Waals surface area contributed by atoms with E-state index in [1.54, 1.807) is 7.05 Å². The predicted molar refractivity (Wildman–Crippen MR) is 71.2 cm³/mol. The Hall–Kier alpha value is -0.660. The van der Waals surface area contributed by atoms with Crippen LogP contribution in [0.25, 0.3) is 0 Å². The molecule has 1 fully saturated rings. The number of sulfone groups is 1. The van der Waals surface area contributed by atoms with Gasteiger partial charge in [0.1, 0.15) is 6.04 Å². The second kappa shape index (κ2) is 7.06. The summed E-state index contributed by atoms with van der Waals surface area (Å²) in [4.78, 5) is 13.6.